The fourth-order valence-electron chi connectivity index (χ4n) is 4.58. The van der Waals surface area contributed by atoms with Gasteiger partial charge in [-0.05, 0) is 37.8 Å². The average molecular weight is 395 g/mol. The van der Waals surface area contributed by atoms with Crippen LogP contribution in [0.1, 0.15) is 36.8 Å². The van der Waals surface area contributed by atoms with Gasteiger partial charge in [0, 0.05) is 37.3 Å². The molecular weight excluding hydrogens is 364 g/mol. The lowest BCUT2D eigenvalue weighted by Crippen LogP contribution is -2.51. The van der Waals surface area contributed by atoms with Gasteiger partial charge in [0.05, 0.1) is 13.5 Å². The summed E-state index contributed by atoms with van der Waals surface area (Å²) >= 11 is 0. The van der Waals surface area contributed by atoms with Crippen molar-refractivity contribution in [1.29, 1.82) is 0 Å². The number of rotatable bonds is 4. The lowest BCUT2D eigenvalue weighted by molar-refractivity contribution is -0.132. The molecule has 29 heavy (non-hydrogen) atoms. The monoisotopic (exact) mass is 394 g/mol. The molecular formula is C24H30N2O3. The Labute approximate surface area is 173 Å². The van der Waals surface area contributed by atoms with Crippen molar-refractivity contribution >= 4 is 5.91 Å². The van der Waals surface area contributed by atoms with Crippen LogP contribution < -0.4 is 14.8 Å². The van der Waals surface area contributed by atoms with Gasteiger partial charge in [0.15, 0.2) is 0 Å². The van der Waals surface area contributed by atoms with E-state index in [1.165, 1.54) is 5.56 Å². The van der Waals surface area contributed by atoms with Gasteiger partial charge in [-0.2, -0.15) is 0 Å². The fourth-order valence-corrected chi connectivity index (χ4v) is 4.58. The molecule has 1 heterocycles. The predicted octanol–water partition coefficient (Wildman–Crippen LogP) is 3.56. The number of likely N-dealkylation sites (N-methyl/N-ethyl adjacent to an activating group) is 1. The molecule has 2 aromatic carbocycles. The standard InChI is InChI=1S/C24H30N2O3/c1-26(23(27)15-18-7-3-5-9-21(18)28-2)20-11-13-24(14-12-20)17-25-16-19-8-4-6-10-22(19)29-24/h3-10,20,25H,11-17H2,1-2H3. The van der Waals surface area contributed by atoms with Crippen LogP contribution in [0.15, 0.2) is 48.5 Å². The fraction of sp³-hybridized carbons (Fsp3) is 0.458. The van der Waals surface area contributed by atoms with E-state index in [-0.39, 0.29) is 17.6 Å². The number of carbonyl (C=O) groups excluding carboxylic acids is 1. The zero-order valence-corrected chi connectivity index (χ0v) is 17.3. The van der Waals surface area contributed by atoms with Crippen LogP contribution in [-0.4, -0.2) is 43.2 Å². The number of methoxy groups -OCH3 is 1. The maximum absolute atomic E-state index is 12.9. The van der Waals surface area contributed by atoms with Crippen molar-refractivity contribution in [2.45, 2.75) is 50.3 Å². The number of para-hydroxylation sites is 2. The Kier molecular flexibility index (Phi) is 5.76. The molecule has 1 aliphatic heterocycles. The highest BCUT2D eigenvalue weighted by molar-refractivity contribution is 5.79. The molecule has 1 spiro atoms. The normalized spacial score (nSPS) is 23.6. The summed E-state index contributed by atoms with van der Waals surface area (Å²) in [7, 11) is 3.58. The highest BCUT2D eigenvalue weighted by atomic mass is 16.5. The van der Waals surface area contributed by atoms with Gasteiger partial charge in [-0.3, -0.25) is 4.79 Å². The molecule has 2 aliphatic rings. The molecule has 0 atom stereocenters. The summed E-state index contributed by atoms with van der Waals surface area (Å²) in [6.45, 7) is 1.70. The summed E-state index contributed by atoms with van der Waals surface area (Å²) in [5, 5.41) is 3.56. The Morgan fingerprint density at radius 1 is 1.17 bits per heavy atom. The van der Waals surface area contributed by atoms with Gasteiger partial charge < -0.3 is 19.7 Å². The smallest absolute Gasteiger partial charge is 0.227 e. The Hall–Kier alpha value is -2.53. The summed E-state index contributed by atoms with van der Waals surface area (Å²) in [4.78, 5) is 14.8. The summed E-state index contributed by atoms with van der Waals surface area (Å²) in [5.74, 6) is 1.91. The van der Waals surface area contributed by atoms with E-state index in [4.69, 9.17) is 9.47 Å². The quantitative estimate of drug-likeness (QED) is 0.862. The van der Waals surface area contributed by atoms with Crippen molar-refractivity contribution in [3.05, 3.63) is 59.7 Å². The molecule has 5 nitrogen and oxygen atoms in total. The molecule has 0 radical (unpaired) electrons. The van der Waals surface area contributed by atoms with E-state index in [2.05, 4.69) is 23.5 Å². The first-order chi connectivity index (χ1) is 14.1. The molecule has 1 aliphatic carbocycles. The van der Waals surface area contributed by atoms with Gasteiger partial charge in [0.2, 0.25) is 5.91 Å². The first kappa shape index (κ1) is 19.8. The van der Waals surface area contributed by atoms with Crippen LogP contribution in [0.25, 0.3) is 0 Å². The number of benzene rings is 2. The van der Waals surface area contributed by atoms with Gasteiger partial charge in [-0.15, -0.1) is 0 Å². The summed E-state index contributed by atoms with van der Waals surface area (Å²) in [6.07, 6.45) is 4.18. The van der Waals surface area contributed by atoms with E-state index >= 15 is 0 Å². The van der Waals surface area contributed by atoms with Crippen molar-refractivity contribution in [1.82, 2.24) is 10.2 Å². The third-order valence-corrected chi connectivity index (χ3v) is 6.40. The Morgan fingerprint density at radius 2 is 1.90 bits per heavy atom. The largest absolute Gasteiger partial charge is 0.496 e. The number of nitrogens with zero attached hydrogens (tertiary/aromatic N) is 1. The lowest BCUT2D eigenvalue weighted by atomic mass is 9.81. The van der Waals surface area contributed by atoms with Gasteiger partial charge in [-0.1, -0.05) is 36.4 Å². The van der Waals surface area contributed by atoms with Gasteiger partial charge in [-0.25, -0.2) is 0 Å². The number of fused-ring (bicyclic) bond motifs is 1. The summed E-state index contributed by atoms with van der Waals surface area (Å²) < 4.78 is 11.9. The van der Waals surface area contributed by atoms with Crippen molar-refractivity contribution in [3.63, 3.8) is 0 Å². The van der Waals surface area contributed by atoms with E-state index in [1.807, 2.05) is 42.3 Å². The third kappa shape index (κ3) is 4.25. The van der Waals surface area contributed by atoms with Crippen LogP contribution in [0.3, 0.4) is 0 Å². The minimum Gasteiger partial charge on any atom is -0.496 e. The minimum absolute atomic E-state index is 0.140. The molecule has 0 unspecified atom stereocenters. The topological polar surface area (TPSA) is 50.8 Å². The molecule has 0 saturated heterocycles. The van der Waals surface area contributed by atoms with Gasteiger partial charge in [0.1, 0.15) is 17.1 Å². The molecule has 4 rings (SSSR count). The molecule has 1 fully saturated rings. The summed E-state index contributed by atoms with van der Waals surface area (Å²) in [6, 6.07) is 16.3. The minimum atomic E-state index is -0.171. The highest BCUT2D eigenvalue weighted by Gasteiger charge is 2.40. The van der Waals surface area contributed by atoms with Crippen LogP contribution in [-0.2, 0) is 17.8 Å². The third-order valence-electron chi connectivity index (χ3n) is 6.40. The number of ether oxygens (including phenoxy) is 2. The SMILES string of the molecule is COc1ccccc1CC(=O)N(C)C1CCC2(CC1)CNCc1ccccc1O2. The molecule has 1 N–H and O–H groups in total. The van der Waals surface area contributed by atoms with E-state index in [1.54, 1.807) is 7.11 Å². The van der Waals surface area contributed by atoms with Crippen molar-refractivity contribution in [2.24, 2.45) is 0 Å². The Morgan fingerprint density at radius 3 is 2.69 bits per heavy atom. The van der Waals surface area contributed by atoms with Crippen molar-refractivity contribution in [2.75, 3.05) is 20.7 Å². The molecule has 0 bridgehead atoms. The molecule has 1 saturated carbocycles. The Bertz CT molecular complexity index is 859. The first-order valence-corrected chi connectivity index (χ1v) is 10.5. The molecule has 2 aromatic rings. The lowest BCUT2D eigenvalue weighted by Gasteiger charge is -2.42. The van der Waals surface area contributed by atoms with Gasteiger partial charge in [0.25, 0.3) is 0 Å². The van der Waals surface area contributed by atoms with Crippen LogP contribution in [0.2, 0.25) is 0 Å². The van der Waals surface area contributed by atoms with Crippen LogP contribution >= 0.6 is 0 Å². The predicted molar refractivity (Wildman–Crippen MR) is 113 cm³/mol. The zero-order chi connectivity index (χ0) is 20.3. The van der Waals surface area contributed by atoms with Gasteiger partial charge >= 0.3 is 0 Å². The van der Waals surface area contributed by atoms with E-state index in [0.29, 0.717) is 6.42 Å². The van der Waals surface area contributed by atoms with Crippen molar-refractivity contribution < 1.29 is 14.3 Å². The van der Waals surface area contributed by atoms with Crippen LogP contribution in [0, 0.1) is 0 Å². The second-order valence-corrected chi connectivity index (χ2v) is 8.22. The number of hydrogen-bond donors (Lipinski definition) is 1. The second-order valence-electron chi connectivity index (χ2n) is 8.22. The maximum Gasteiger partial charge on any atom is 0.227 e. The van der Waals surface area contributed by atoms with Crippen LogP contribution in [0.4, 0.5) is 0 Å². The highest BCUT2D eigenvalue weighted by Crippen LogP contribution is 2.37. The number of amides is 1. The average Bonchev–Trinajstić information content (AvgIpc) is 2.93. The Balaban J connectivity index is 1.38. The van der Waals surface area contributed by atoms with Crippen LogP contribution in [0.5, 0.6) is 11.5 Å². The number of hydrogen-bond acceptors (Lipinski definition) is 4. The van der Waals surface area contributed by atoms with Crippen molar-refractivity contribution in [3.8, 4) is 11.5 Å². The maximum atomic E-state index is 12.9. The molecule has 1 amide bonds. The molecule has 154 valence electrons. The van der Waals surface area contributed by atoms with E-state index < -0.39 is 0 Å². The second kappa shape index (κ2) is 8.46. The summed E-state index contributed by atoms with van der Waals surface area (Å²) in [5.41, 5.74) is 1.98. The number of carbonyl (C=O) groups is 1. The molecule has 0 aromatic heterocycles. The first-order valence-electron chi connectivity index (χ1n) is 10.5. The van der Waals surface area contributed by atoms with E-state index in [0.717, 1.165) is 55.8 Å². The van der Waals surface area contributed by atoms with E-state index in [9.17, 15) is 4.79 Å². The molecule has 5 heteroatoms. The number of nitrogens with one attached hydrogen (secondary N) is 1. The zero-order valence-electron chi connectivity index (χ0n) is 17.3.